The lowest BCUT2D eigenvalue weighted by Gasteiger charge is -2.18. The summed E-state index contributed by atoms with van der Waals surface area (Å²) in [5.74, 6) is 0.651. The van der Waals surface area contributed by atoms with Crippen LogP contribution in [0.4, 0.5) is 5.82 Å². The number of oxime groups is 1. The van der Waals surface area contributed by atoms with E-state index in [1.54, 1.807) is 6.20 Å². The number of hydrogen-bond acceptors (Lipinski definition) is 5. The highest BCUT2D eigenvalue weighted by Crippen LogP contribution is 2.15. The highest BCUT2D eigenvalue weighted by molar-refractivity contribution is 9.10. The number of aromatic nitrogens is 2. The van der Waals surface area contributed by atoms with E-state index in [9.17, 15) is 0 Å². The minimum Gasteiger partial charge on any atom is -0.409 e. The first kappa shape index (κ1) is 14.3. The van der Waals surface area contributed by atoms with E-state index >= 15 is 0 Å². The molecule has 1 heterocycles. The summed E-state index contributed by atoms with van der Waals surface area (Å²) in [6.45, 7) is 0.705. The van der Waals surface area contributed by atoms with Gasteiger partial charge in [0, 0.05) is 18.1 Å². The molecule has 2 aromatic rings. The van der Waals surface area contributed by atoms with Gasteiger partial charge in [0.05, 0.1) is 12.4 Å². The first-order valence-corrected chi connectivity index (χ1v) is 6.65. The van der Waals surface area contributed by atoms with E-state index in [0.717, 1.165) is 10.0 Å². The Kier molecular flexibility index (Phi) is 4.52. The Hall–Kier alpha value is -2.15. The molecule has 0 aliphatic carbocycles. The smallest absolute Gasteiger partial charge is 0.190 e. The Morgan fingerprint density at radius 2 is 2.20 bits per heavy atom. The van der Waals surface area contributed by atoms with Crippen LogP contribution in [0.5, 0.6) is 0 Å². The molecular formula is C13H14BrN5O. The van der Waals surface area contributed by atoms with Crippen molar-refractivity contribution in [1.82, 2.24) is 9.97 Å². The molecule has 2 rings (SSSR count). The van der Waals surface area contributed by atoms with Crippen molar-refractivity contribution in [2.75, 3.05) is 11.9 Å². The number of halogens is 1. The Morgan fingerprint density at radius 1 is 1.40 bits per heavy atom. The first-order chi connectivity index (χ1) is 9.60. The van der Waals surface area contributed by atoms with Crippen molar-refractivity contribution in [2.45, 2.75) is 6.54 Å². The summed E-state index contributed by atoms with van der Waals surface area (Å²) in [5, 5.41) is 11.5. The van der Waals surface area contributed by atoms with Gasteiger partial charge in [0.1, 0.15) is 11.5 Å². The van der Waals surface area contributed by atoms with Crippen molar-refractivity contribution in [2.24, 2.45) is 10.9 Å². The molecule has 0 aliphatic rings. The fourth-order valence-corrected chi connectivity index (χ4v) is 2.14. The first-order valence-electron chi connectivity index (χ1n) is 5.85. The average Bonchev–Trinajstić information content (AvgIpc) is 2.46. The quantitative estimate of drug-likeness (QED) is 0.386. The van der Waals surface area contributed by atoms with Crippen LogP contribution in [0.25, 0.3) is 0 Å². The predicted octanol–water partition coefficient (Wildman–Crippen LogP) is 1.97. The van der Waals surface area contributed by atoms with Gasteiger partial charge in [0.2, 0.25) is 0 Å². The molecule has 0 bridgehead atoms. The topological polar surface area (TPSA) is 87.6 Å². The van der Waals surface area contributed by atoms with Crippen LogP contribution in [0.2, 0.25) is 0 Å². The molecular weight excluding hydrogens is 322 g/mol. The van der Waals surface area contributed by atoms with Crippen molar-refractivity contribution in [3.63, 3.8) is 0 Å². The van der Waals surface area contributed by atoms with E-state index in [4.69, 9.17) is 10.9 Å². The molecule has 0 amide bonds. The number of amidine groups is 1. The summed E-state index contributed by atoms with van der Waals surface area (Å²) in [5.41, 5.74) is 6.94. The number of nitrogens with zero attached hydrogens (tertiary/aromatic N) is 4. The second-order valence-corrected chi connectivity index (χ2v) is 5.15. The molecule has 0 spiro atoms. The second-order valence-electron chi connectivity index (χ2n) is 4.23. The Morgan fingerprint density at radius 3 is 2.80 bits per heavy atom. The maximum Gasteiger partial charge on any atom is 0.190 e. The Balaban J connectivity index is 2.11. The van der Waals surface area contributed by atoms with Crippen LogP contribution < -0.4 is 10.6 Å². The number of benzene rings is 1. The molecule has 0 saturated carbocycles. The molecule has 0 unspecified atom stereocenters. The minimum atomic E-state index is -0.0568. The van der Waals surface area contributed by atoms with Crippen molar-refractivity contribution >= 4 is 27.6 Å². The summed E-state index contributed by atoms with van der Waals surface area (Å²) in [6.07, 6.45) is 3.06. The fourth-order valence-electron chi connectivity index (χ4n) is 1.69. The zero-order valence-corrected chi connectivity index (χ0v) is 12.4. The van der Waals surface area contributed by atoms with Crippen LogP contribution in [0.3, 0.4) is 0 Å². The van der Waals surface area contributed by atoms with Gasteiger partial charge in [-0.3, -0.25) is 0 Å². The van der Waals surface area contributed by atoms with Crippen LogP contribution in [0.1, 0.15) is 11.3 Å². The summed E-state index contributed by atoms with van der Waals surface area (Å²) in [7, 11) is 1.92. The summed E-state index contributed by atoms with van der Waals surface area (Å²) < 4.78 is 1.04. The Bertz CT molecular complexity index is 614. The molecule has 0 saturated heterocycles. The molecule has 0 atom stereocenters. The predicted molar refractivity (Wildman–Crippen MR) is 80.8 cm³/mol. The van der Waals surface area contributed by atoms with Gasteiger partial charge in [0.15, 0.2) is 5.84 Å². The van der Waals surface area contributed by atoms with Gasteiger partial charge in [-0.15, -0.1) is 0 Å². The molecule has 7 heteroatoms. The van der Waals surface area contributed by atoms with E-state index in [0.29, 0.717) is 18.1 Å². The van der Waals surface area contributed by atoms with Crippen molar-refractivity contribution in [3.8, 4) is 0 Å². The maximum atomic E-state index is 8.57. The highest BCUT2D eigenvalue weighted by Gasteiger charge is 2.07. The Labute approximate surface area is 125 Å². The lowest BCUT2D eigenvalue weighted by atomic mass is 10.2. The molecule has 6 nitrogen and oxygen atoms in total. The van der Waals surface area contributed by atoms with Crippen LogP contribution in [-0.2, 0) is 6.54 Å². The standard InChI is InChI=1S/C13H14BrN5O/c1-19(8-9-3-2-4-10(14)5-9)12-7-16-11(6-17-12)13(15)18-20/h2-7,20H,8H2,1H3,(H2,15,18). The van der Waals surface area contributed by atoms with E-state index in [1.807, 2.05) is 30.1 Å². The number of rotatable bonds is 4. The zero-order valence-electron chi connectivity index (χ0n) is 10.9. The highest BCUT2D eigenvalue weighted by atomic mass is 79.9. The molecule has 3 N–H and O–H groups in total. The van der Waals surface area contributed by atoms with Crippen LogP contribution in [0.15, 0.2) is 46.3 Å². The third-order valence-electron chi connectivity index (χ3n) is 2.71. The van der Waals surface area contributed by atoms with E-state index in [-0.39, 0.29) is 5.84 Å². The van der Waals surface area contributed by atoms with Crippen molar-refractivity contribution in [3.05, 3.63) is 52.4 Å². The van der Waals surface area contributed by atoms with Gasteiger partial charge in [-0.25, -0.2) is 9.97 Å². The molecule has 1 aromatic carbocycles. The number of hydrogen-bond donors (Lipinski definition) is 2. The van der Waals surface area contributed by atoms with Crippen molar-refractivity contribution < 1.29 is 5.21 Å². The zero-order chi connectivity index (χ0) is 14.5. The van der Waals surface area contributed by atoms with Gasteiger partial charge in [-0.2, -0.15) is 0 Å². The van der Waals surface area contributed by atoms with Crippen molar-refractivity contribution in [1.29, 1.82) is 0 Å². The van der Waals surface area contributed by atoms with Gasteiger partial charge in [-0.05, 0) is 17.7 Å². The van der Waals surface area contributed by atoms with Gasteiger partial charge < -0.3 is 15.8 Å². The lowest BCUT2D eigenvalue weighted by Crippen LogP contribution is -2.20. The normalized spacial score (nSPS) is 11.4. The van der Waals surface area contributed by atoms with Crippen LogP contribution in [0, 0.1) is 0 Å². The molecule has 0 radical (unpaired) electrons. The van der Waals surface area contributed by atoms with E-state index in [2.05, 4.69) is 37.1 Å². The monoisotopic (exact) mass is 335 g/mol. The number of anilines is 1. The summed E-state index contributed by atoms with van der Waals surface area (Å²) >= 11 is 3.44. The third-order valence-corrected chi connectivity index (χ3v) is 3.20. The van der Waals surface area contributed by atoms with E-state index < -0.39 is 0 Å². The second kappa shape index (κ2) is 6.33. The molecule has 1 aromatic heterocycles. The van der Waals surface area contributed by atoms with E-state index in [1.165, 1.54) is 6.20 Å². The molecule has 20 heavy (non-hydrogen) atoms. The van der Waals surface area contributed by atoms with Gasteiger partial charge >= 0.3 is 0 Å². The molecule has 0 aliphatic heterocycles. The lowest BCUT2D eigenvalue weighted by molar-refractivity contribution is 0.318. The third kappa shape index (κ3) is 3.45. The van der Waals surface area contributed by atoms with Crippen LogP contribution in [-0.4, -0.2) is 28.1 Å². The minimum absolute atomic E-state index is 0.0568. The fraction of sp³-hybridized carbons (Fsp3) is 0.154. The number of nitrogens with two attached hydrogens (primary N) is 1. The molecule has 0 fully saturated rings. The van der Waals surface area contributed by atoms with Gasteiger partial charge in [0.25, 0.3) is 0 Å². The SMILES string of the molecule is CN(Cc1cccc(Br)c1)c1cnc(C(N)=NO)cn1. The maximum absolute atomic E-state index is 8.57. The summed E-state index contributed by atoms with van der Waals surface area (Å²) in [4.78, 5) is 10.3. The largest absolute Gasteiger partial charge is 0.409 e. The average molecular weight is 336 g/mol. The molecule has 104 valence electrons. The summed E-state index contributed by atoms with van der Waals surface area (Å²) in [6, 6.07) is 8.06. The van der Waals surface area contributed by atoms with Crippen LogP contribution >= 0.6 is 15.9 Å². The van der Waals surface area contributed by atoms with Gasteiger partial charge in [-0.1, -0.05) is 33.2 Å².